The molecule has 1 amide bonds. The van der Waals surface area contributed by atoms with Crippen LogP contribution in [-0.4, -0.2) is 16.6 Å². The quantitative estimate of drug-likeness (QED) is 0.690. The number of hydrazone groups is 1. The minimum atomic E-state index is -0.284. The molecule has 2 rings (SSSR count). The smallest absolute Gasteiger partial charge is 0.267 e. The molecule has 19 heavy (non-hydrogen) atoms. The molecular formula is C14H12ClN3O. The molecule has 1 aromatic heterocycles. The number of benzene rings is 1. The maximum atomic E-state index is 11.8. The molecule has 1 aromatic carbocycles. The number of pyridine rings is 1. The summed E-state index contributed by atoms with van der Waals surface area (Å²) in [4.78, 5) is 15.6. The summed E-state index contributed by atoms with van der Waals surface area (Å²) in [7, 11) is 0. The van der Waals surface area contributed by atoms with Crippen molar-refractivity contribution in [2.75, 3.05) is 0 Å². The van der Waals surface area contributed by atoms with Gasteiger partial charge in [-0.1, -0.05) is 29.8 Å². The van der Waals surface area contributed by atoms with E-state index in [0.29, 0.717) is 16.3 Å². The van der Waals surface area contributed by atoms with E-state index in [1.54, 1.807) is 37.5 Å². The first-order valence-electron chi connectivity index (χ1n) is 5.68. The summed E-state index contributed by atoms with van der Waals surface area (Å²) in [5.41, 5.74) is 4.43. The Balaban J connectivity index is 2.11. The average Bonchev–Trinajstić information content (AvgIpc) is 2.46. The second-order valence-electron chi connectivity index (χ2n) is 3.85. The van der Waals surface area contributed by atoms with Crippen LogP contribution in [0.25, 0.3) is 0 Å². The first-order chi connectivity index (χ1) is 9.18. The monoisotopic (exact) mass is 273 g/mol. The van der Waals surface area contributed by atoms with Gasteiger partial charge in [-0.3, -0.25) is 9.78 Å². The Hall–Kier alpha value is -2.20. The van der Waals surface area contributed by atoms with Crippen LogP contribution in [0.1, 0.15) is 22.8 Å². The fraction of sp³-hybridized carbons (Fsp3) is 0.0714. The highest BCUT2D eigenvalue weighted by Crippen LogP contribution is 2.15. The Kier molecular flexibility index (Phi) is 4.26. The van der Waals surface area contributed by atoms with Gasteiger partial charge >= 0.3 is 0 Å². The summed E-state index contributed by atoms with van der Waals surface area (Å²) >= 11 is 6.05. The zero-order valence-corrected chi connectivity index (χ0v) is 11.1. The summed E-state index contributed by atoms with van der Waals surface area (Å²) in [5, 5.41) is 4.64. The zero-order chi connectivity index (χ0) is 13.7. The Morgan fingerprint density at radius 2 is 1.89 bits per heavy atom. The molecule has 96 valence electrons. The number of nitrogens with zero attached hydrogens (tertiary/aromatic N) is 2. The molecule has 0 radical (unpaired) electrons. The lowest BCUT2D eigenvalue weighted by molar-refractivity contribution is 0.0954. The van der Waals surface area contributed by atoms with E-state index in [0.717, 1.165) is 5.56 Å². The van der Waals surface area contributed by atoms with Crippen molar-refractivity contribution in [3.63, 3.8) is 0 Å². The lowest BCUT2D eigenvalue weighted by atomic mass is 10.1. The van der Waals surface area contributed by atoms with Gasteiger partial charge in [0.1, 0.15) is 0 Å². The van der Waals surface area contributed by atoms with Crippen LogP contribution in [0.3, 0.4) is 0 Å². The molecule has 0 aliphatic carbocycles. The number of nitrogens with one attached hydrogen (secondary N) is 1. The number of halogens is 1. The van der Waals surface area contributed by atoms with Crippen molar-refractivity contribution in [2.45, 2.75) is 6.92 Å². The van der Waals surface area contributed by atoms with Gasteiger partial charge in [-0.25, -0.2) is 5.43 Å². The van der Waals surface area contributed by atoms with Crippen LogP contribution in [0, 0.1) is 0 Å². The Morgan fingerprint density at radius 1 is 1.21 bits per heavy atom. The third-order valence-corrected chi connectivity index (χ3v) is 2.86. The second-order valence-corrected chi connectivity index (χ2v) is 4.26. The minimum Gasteiger partial charge on any atom is -0.267 e. The zero-order valence-electron chi connectivity index (χ0n) is 10.3. The van der Waals surface area contributed by atoms with E-state index < -0.39 is 0 Å². The molecule has 0 fully saturated rings. The van der Waals surface area contributed by atoms with E-state index in [-0.39, 0.29) is 5.91 Å². The molecule has 0 aliphatic heterocycles. The molecule has 0 unspecified atom stereocenters. The topological polar surface area (TPSA) is 54.4 Å². The highest BCUT2D eigenvalue weighted by molar-refractivity contribution is 6.34. The van der Waals surface area contributed by atoms with Gasteiger partial charge in [-0.05, 0) is 25.1 Å². The van der Waals surface area contributed by atoms with E-state index >= 15 is 0 Å². The van der Waals surface area contributed by atoms with E-state index in [1.807, 2.05) is 18.2 Å². The Labute approximate surface area is 116 Å². The summed E-state index contributed by atoms with van der Waals surface area (Å²) in [6.45, 7) is 1.79. The molecule has 5 heteroatoms. The highest BCUT2D eigenvalue weighted by atomic mass is 35.5. The van der Waals surface area contributed by atoms with Crippen molar-refractivity contribution < 1.29 is 4.79 Å². The Morgan fingerprint density at radius 3 is 2.58 bits per heavy atom. The van der Waals surface area contributed by atoms with Crippen LogP contribution in [0.15, 0.2) is 53.9 Å². The van der Waals surface area contributed by atoms with Crippen molar-refractivity contribution in [1.29, 1.82) is 0 Å². The molecule has 4 nitrogen and oxygen atoms in total. The van der Waals surface area contributed by atoms with Crippen molar-refractivity contribution in [1.82, 2.24) is 10.4 Å². The third-order valence-electron chi connectivity index (χ3n) is 2.53. The minimum absolute atomic E-state index is 0.284. The number of hydrogen-bond donors (Lipinski definition) is 1. The molecule has 0 saturated heterocycles. The van der Waals surface area contributed by atoms with Crippen LogP contribution >= 0.6 is 11.6 Å². The van der Waals surface area contributed by atoms with Gasteiger partial charge in [0, 0.05) is 28.5 Å². The van der Waals surface area contributed by atoms with Gasteiger partial charge in [-0.2, -0.15) is 5.10 Å². The van der Waals surface area contributed by atoms with Crippen molar-refractivity contribution in [3.8, 4) is 0 Å². The van der Waals surface area contributed by atoms with Gasteiger partial charge < -0.3 is 0 Å². The average molecular weight is 274 g/mol. The second kappa shape index (κ2) is 6.11. The number of amides is 1. The molecule has 0 spiro atoms. The van der Waals surface area contributed by atoms with Gasteiger partial charge in [0.2, 0.25) is 0 Å². The maximum Gasteiger partial charge on any atom is 0.271 e. The number of aromatic nitrogens is 1. The van der Waals surface area contributed by atoms with Crippen molar-refractivity contribution in [3.05, 3.63) is 64.9 Å². The van der Waals surface area contributed by atoms with Crippen molar-refractivity contribution >= 4 is 23.2 Å². The molecule has 1 N–H and O–H groups in total. The number of rotatable bonds is 3. The van der Waals surface area contributed by atoms with Gasteiger partial charge in [0.15, 0.2) is 0 Å². The first-order valence-corrected chi connectivity index (χ1v) is 6.06. The number of hydrogen-bond acceptors (Lipinski definition) is 3. The van der Waals surface area contributed by atoms with E-state index in [1.165, 1.54) is 0 Å². The summed E-state index contributed by atoms with van der Waals surface area (Å²) in [5.74, 6) is -0.284. The number of carbonyl (C=O) groups excluding carboxylic acids is 1. The summed E-state index contributed by atoms with van der Waals surface area (Å²) in [6.07, 6.45) is 3.11. The highest BCUT2D eigenvalue weighted by Gasteiger charge is 2.05. The SMILES string of the molecule is CC(=NNC(=O)c1ccncc1)c1ccccc1Cl. The van der Waals surface area contributed by atoms with Crippen LogP contribution in [0.4, 0.5) is 0 Å². The molecule has 0 aliphatic rings. The third kappa shape index (κ3) is 3.39. The van der Waals surface area contributed by atoms with Crippen molar-refractivity contribution in [2.24, 2.45) is 5.10 Å². The van der Waals surface area contributed by atoms with E-state index in [9.17, 15) is 4.79 Å². The molecule has 1 heterocycles. The first kappa shape index (κ1) is 13.2. The van der Waals surface area contributed by atoms with Gasteiger partial charge in [0.05, 0.1) is 5.71 Å². The fourth-order valence-electron chi connectivity index (χ4n) is 1.52. The normalized spacial score (nSPS) is 11.2. The van der Waals surface area contributed by atoms with Gasteiger partial charge in [0.25, 0.3) is 5.91 Å². The molecule has 2 aromatic rings. The largest absolute Gasteiger partial charge is 0.271 e. The molecular weight excluding hydrogens is 262 g/mol. The predicted octanol–water partition coefficient (Wildman–Crippen LogP) is 2.89. The van der Waals surface area contributed by atoms with Crippen LogP contribution in [0.5, 0.6) is 0 Å². The molecule has 0 saturated carbocycles. The molecule has 0 bridgehead atoms. The number of carbonyl (C=O) groups is 1. The van der Waals surface area contributed by atoms with Crippen LogP contribution in [0.2, 0.25) is 5.02 Å². The lowest BCUT2D eigenvalue weighted by Gasteiger charge is -2.04. The predicted molar refractivity (Wildman–Crippen MR) is 75.4 cm³/mol. The summed E-state index contributed by atoms with van der Waals surface area (Å²) in [6, 6.07) is 10.6. The van der Waals surface area contributed by atoms with E-state index in [2.05, 4.69) is 15.5 Å². The Bertz CT molecular complexity index is 611. The lowest BCUT2D eigenvalue weighted by Crippen LogP contribution is -2.19. The van der Waals surface area contributed by atoms with Crippen LogP contribution < -0.4 is 5.43 Å². The fourth-order valence-corrected chi connectivity index (χ4v) is 1.79. The summed E-state index contributed by atoms with van der Waals surface area (Å²) < 4.78 is 0. The van der Waals surface area contributed by atoms with Crippen LogP contribution in [-0.2, 0) is 0 Å². The maximum absolute atomic E-state index is 11.8. The van der Waals surface area contributed by atoms with Gasteiger partial charge in [-0.15, -0.1) is 0 Å². The molecule has 0 atom stereocenters. The standard InChI is InChI=1S/C14H12ClN3O/c1-10(12-4-2-3-5-13(12)15)17-18-14(19)11-6-8-16-9-7-11/h2-9H,1H3,(H,18,19). The van der Waals surface area contributed by atoms with E-state index in [4.69, 9.17) is 11.6 Å².